The van der Waals surface area contributed by atoms with Crippen LogP contribution in [0.2, 0.25) is 0 Å². The molecule has 0 aromatic carbocycles. The molecule has 0 atom stereocenters. The molecule has 1 aliphatic heterocycles. The molecular formula is C21H25N9O2S. The molecule has 11 nitrogen and oxygen atoms in total. The molecule has 1 aliphatic carbocycles. The van der Waals surface area contributed by atoms with E-state index in [4.69, 9.17) is 4.98 Å². The van der Waals surface area contributed by atoms with Crippen LogP contribution in [0.4, 0.5) is 11.6 Å². The number of aryl methyl sites for hydroxylation is 1. The van der Waals surface area contributed by atoms with Crippen molar-refractivity contribution < 1.29 is 8.42 Å². The van der Waals surface area contributed by atoms with E-state index in [0.717, 1.165) is 35.3 Å². The molecule has 2 aliphatic rings. The number of hydrogen-bond acceptors (Lipinski definition) is 8. The fourth-order valence-electron chi connectivity index (χ4n) is 4.17. The first-order valence-electron chi connectivity index (χ1n) is 10.9. The van der Waals surface area contributed by atoms with E-state index in [0.29, 0.717) is 11.9 Å². The van der Waals surface area contributed by atoms with Gasteiger partial charge in [-0.2, -0.15) is 19.8 Å². The van der Waals surface area contributed by atoms with E-state index in [1.54, 1.807) is 28.7 Å². The van der Waals surface area contributed by atoms with Crippen LogP contribution >= 0.6 is 0 Å². The molecule has 0 radical (unpaired) electrons. The predicted molar refractivity (Wildman–Crippen MR) is 121 cm³/mol. The van der Waals surface area contributed by atoms with Crippen LogP contribution in [0.3, 0.4) is 0 Å². The minimum atomic E-state index is -3.30. The lowest BCUT2D eigenvalue weighted by atomic mass is 9.89. The molecule has 4 heterocycles. The molecule has 3 aromatic rings. The van der Waals surface area contributed by atoms with Gasteiger partial charge in [0.05, 0.1) is 42.0 Å². The van der Waals surface area contributed by atoms with E-state index in [-0.39, 0.29) is 25.3 Å². The van der Waals surface area contributed by atoms with Gasteiger partial charge in [0.25, 0.3) is 0 Å². The van der Waals surface area contributed by atoms with E-state index in [2.05, 4.69) is 26.6 Å². The normalized spacial score (nSPS) is 18.0. The summed E-state index contributed by atoms with van der Waals surface area (Å²) in [5, 5.41) is 21.3. The fraction of sp³-hybridized carbons (Fsp3) is 0.476. The van der Waals surface area contributed by atoms with Crippen LogP contribution in [0.1, 0.15) is 37.7 Å². The van der Waals surface area contributed by atoms with Crippen LogP contribution < -0.4 is 5.32 Å². The predicted octanol–water partition coefficient (Wildman–Crippen LogP) is 1.97. The number of hydrogen-bond donors (Lipinski definition) is 1. The number of anilines is 2. The van der Waals surface area contributed by atoms with E-state index >= 15 is 0 Å². The zero-order valence-corrected chi connectivity index (χ0v) is 19.3. The van der Waals surface area contributed by atoms with Gasteiger partial charge in [0.15, 0.2) is 0 Å². The molecule has 0 spiro atoms. The molecule has 5 rings (SSSR count). The smallest absolute Gasteiger partial charge is 0.227 e. The fourth-order valence-corrected chi connectivity index (χ4v) is 5.41. The van der Waals surface area contributed by atoms with E-state index in [9.17, 15) is 13.7 Å². The molecule has 2 fully saturated rings. The summed E-state index contributed by atoms with van der Waals surface area (Å²) in [5.74, 6) is 0.932. The van der Waals surface area contributed by atoms with Crippen LogP contribution in [0.15, 0.2) is 31.0 Å². The summed E-state index contributed by atoms with van der Waals surface area (Å²) in [6, 6.07) is 2.20. The highest BCUT2D eigenvalue weighted by Gasteiger charge is 2.49. The Bertz CT molecular complexity index is 1330. The minimum Gasteiger partial charge on any atom is -0.321 e. The summed E-state index contributed by atoms with van der Waals surface area (Å²) in [4.78, 5) is 9.26. The molecule has 0 amide bonds. The first-order valence-corrected chi connectivity index (χ1v) is 12.5. The quantitative estimate of drug-likeness (QED) is 0.531. The molecule has 1 saturated heterocycles. The van der Waals surface area contributed by atoms with E-state index < -0.39 is 15.6 Å². The van der Waals surface area contributed by atoms with Gasteiger partial charge in [-0.05, 0) is 25.7 Å². The first-order chi connectivity index (χ1) is 15.8. The monoisotopic (exact) mass is 467 g/mol. The molecule has 0 unspecified atom stereocenters. The number of aromatic nitrogens is 6. The summed E-state index contributed by atoms with van der Waals surface area (Å²) in [5.41, 5.74) is 2.82. The number of nitriles is 1. The second-order valence-corrected chi connectivity index (χ2v) is 11.0. The largest absolute Gasteiger partial charge is 0.321 e. The Labute approximate surface area is 192 Å². The molecule has 33 heavy (non-hydrogen) atoms. The van der Waals surface area contributed by atoms with Crippen molar-refractivity contribution in [1.82, 2.24) is 33.8 Å². The first kappa shape index (κ1) is 21.5. The highest BCUT2D eigenvalue weighted by Crippen LogP contribution is 2.44. The van der Waals surface area contributed by atoms with Crippen molar-refractivity contribution in [2.24, 2.45) is 7.05 Å². The third-order valence-electron chi connectivity index (χ3n) is 6.24. The zero-order chi connectivity index (χ0) is 23.2. The van der Waals surface area contributed by atoms with Crippen molar-refractivity contribution in [3.05, 3.63) is 36.5 Å². The number of rotatable bonds is 8. The second-order valence-electron chi connectivity index (χ2n) is 8.70. The number of nitrogens with zero attached hydrogens (tertiary/aromatic N) is 8. The van der Waals surface area contributed by atoms with Gasteiger partial charge in [-0.25, -0.2) is 18.4 Å². The van der Waals surface area contributed by atoms with Crippen LogP contribution in [0.25, 0.3) is 11.3 Å². The summed E-state index contributed by atoms with van der Waals surface area (Å²) in [7, 11) is -1.46. The average Bonchev–Trinajstić information content (AvgIpc) is 3.35. The van der Waals surface area contributed by atoms with Crippen molar-refractivity contribution in [3.63, 3.8) is 0 Å². The maximum absolute atomic E-state index is 12.2. The van der Waals surface area contributed by atoms with Crippen molar-refractivity contribution in [1.29, 1.82) is 5.26 Å². The number of nitrogens with one attached hydrogen (secondary N) is 1. The van der Waals surface area contributed by atoms with Crippen LogP contribution in [-0.4, -0.2) is 61.1 Å². The highest BCUT2D eigenvalue weighted by molar-refractivity contribution is 7.89. The summed E-state index contributed by atoms with van der Waals surface area (Å²) in [6.45, 7) is 2.10. The highest BCUT2D eigenvalue weighted by atomic mass is 32.2. The van der Waals surface area contributed by atoms with Gasteiger partial charge in [0, 0.05) is 49.9 Å². The van der Waals surface area contributed by atoms with Crippen molar-refractivity contribution in [2.45, 2.75) is 37.6 Å². The third kappa shape index (κ3) is 3.98. The SMILES string of the molecule is CCS(=O)(=O)N1CC(CC#N)(n2cc(-c3nc(Nc4cnn(C)c4)ncc3C3CC3)cn2)C1. The standard InChI is InChI=1S/C21H25N9O2S/c1-3-33(31,32)29-13-21(14-29,6-7-22)30-11-16(8-25-30)19-18(15-4-5-15)10-23-20(27-19)26-17-9-24-28(2)12-17/h8-12,15H,3-6,13-14H2,1-2H3,(H,23,26,27). The van der Waals surface area contributed by atoms with Crippen molar-refractivity contribution >= 4 is 21.7 Å². The third-order valence-corrected chi connectivity index (χ3v) is 8.02. The summed E-state index contributed by atoms with van der Waals surface area (Å²) in [6.07, 6.45) is 11.4. The molecule has 1 N–H and O–H groups in total. The van der Waals surface area contributed by atoms with Gasteiger partial charge in [-0.1, -0.05) is 0 Å². The molecule has 172 valence electrons. The molecule has 1 saturated carbocycles. The Hall–Kier alpha value is -3.30. The lowest BCUT2D eigenvalue weighted by Gasteiger charge is -2.47. The summed E-state index contributed by atoms with van der Waals surface area (Å²) >= 11 is 0. The van der Waals surface area contributed by atoms with Gasteiger partial charge in [-0.3, -0.25) is 9.36 Å². The summed E-state index contributed by atoms with van der Waals surface area (Å²) < 4.78 is 29.3. The van der Waals surface area contributed by atoms with Gasteiger partial charge < -0.3 is 5.32 Å². The Morgan fingerprint density at radius 2 is 2.00 bits per heavy atom. The van der Waals surface area contributed by atoms with E-state index in [1.807, 2.05) is 25.6 Å². The maximum atomic E-state index is 12.2. The van der Waals surface area contributed by atoms with Crippen molar-refractivity contribution in [2.75, 3.05) is 24.2 Å². The Morgan fingerprint density at radius 3 is 2.64 bits per heavy atom. The lowest BCUT2D eigenvalue weighted by molar-refractivity contribution is 0.0719. The molecule has 3 aromatic heterocycles. The van der Waals surface area contributed by atoms with Gasteiger partial charge >= 0.3 is 0 Å². The Kier molecular flexibility index (Phi) is 5.18. The molecule has 12 heteroatoms. The van der Waals surface area contributed by atoms with Gasteiger partial charge in [-0.15, -0.1) is 0 Å². The maximum Gasteiger partial charge on any atom is 0.227 e. The van der Waals surface area contributed by atoms with E-state index in [1.165, 1.54) is 4.31 Å². The zero-order valence-electron chi connectivity index (χ0n) is 18.5. The Morgan fingerprint density at radius 1 is 1.21 bits per heavy atom. The van der Waals surface area contributed by atoms with Crippen LogP contribution in [0, 0.1) is 11.3 Å². The van der Waals surface area contributed by atoms with Gasteiger partial charge in [0.2, 0.25) is 16.0 Å². The number of sulfonamides is 1. The molecular weight excluding hydrogens is 442 g/mol. The lowest BCUT2D eigenvalue weighted by Crippen LogP contribution is -2.64. The van der Waals surface area contributed by atoms with Crippen molar-refractivity contribution in [3.8, 4) is 17.3 Å². The van der Waals surface area contributed by atoms with Crippen LogP contribution in [0.5, 0.6) is 0 Å². The minimum absolute atomic E-state index is 0.0401. The molecule has 0 bridgehead atoms. The average molecular weight is 468 g/mol. The van der Waals surface area contributed by atoms with Crippen LogP contribution in [-0.2, 0) is 22.6 Å². The Balaban J connectivity index is 1.46. The van der Waals surface area contributed by atoms with Gasteiger partial charge in [0.1, 0.15) is 5.54 Å². The topological polar surface area (TPSA) is 135 Å². The second kappa shape index (κ2) is 7.93.